The molecule has 1 rings (SSSR count). The van der Waals surface area contributed by atoms with E-state index in [4.69, 9.17) is 14.7 Å². The summed E-state index contributed by atoms with van der Waals surface area (Å²) >= 11 is 0. The molecule has 1 aromatic carbocycles. The van der Waals surface area contributed by atoms with Crippen molar-refractivity contribution < 1.29 is 19.8 Å². The fraction of sp³-hybridized carbons (Fsp3) is 0.400. The summed E-state index contributed by atoms with van der Waals surface area (Å²) in [5.74, 6) is 1.02. The van der Waals surface area contributed by atoms with E-state index in [9.17, 15) is 5.11 Å². The number of hydrogen-bond donors (Lipinski definition) is 2. The smallest absolute Gasteiger partial charge is 0.130 e. The lowest BCUT2D eigenvalue weighted by Crippen LogP contribution is -2.12. The number of hydrogen-bond acceptors (Lipinski definition) is 5. The molecule has 0 amide bonds. The zero-order valence-corrected chi connectivity index (χ0v) is 9.02. The summed E-state index contributed by atoms with van der Waals surface area (Å²) < 4.78 is 10.1. The molecule has 0 aliphatic heterocycles. The molecule has 0 heterocycles. The van der Waals surface area contributed by atoms with Gasteiger partial charge in [-0.3, -0.25) is 0 Å². The Morgan fingerprint density at radius 2 is 1.93 bits per heavy atom. The Kier molecular flexibility index (Phi) is 3.76. The Morgan fingerprint density at radius 3 is 2.40 bits per heavy atom. The third-order valence-electron chi connectivity index (χ3n) is 2.00. The van der Waals surface area contributed by atoms with Gasteiger partial charge in [0.25, 0.3) is 0 Å². The van der Waals surface area contributed by atoms with E-state index in [0.717, 1.165) is 5.06 Å². The van der Waals surface area contributed by atoms with Crippen LogP contribution in [0.25, 0.3) is 0 Å². The number of ether oxygens (including phenoxy) is 2. The highest BCUT2D eigenvalue weighted by molar-refractivity contribution is 5.49. The molecule has 5 nitrogen and oxygen atoms in total. The molecule has 1 aromatic rings. The van der Waals surface area contributed by atoms with Crippen LogP contribution in [-0.2, 0) is 6.54 Å². The first kappa shape index (κ1) is 11.6. The quantitative estimate of drug-likeness (QED) is 0.736. The van der Waals surface area contributed by atoms with E-state index in [2.05, 4.69) is 0 Å². The van der Waals surface area contributed by atoms with Gasteiger partial charge < -0.3 is 19.8 Å². The number of rotatable bonds is 4. The second kappa shape index (κ2) is 4.86. The van der Waals surface area contributed by atoms with Crippen molar-refractivity contribution in [1.29, 1.82) is 0 Å². The zero-order chi connectivity index (χ0) is 11.4. The second-order valence-electron chi connectivity index (χ2n) is 3.14. The number of nitrogens with zero attached hydrogens (tertiary/aromatic N) is 1. The van der Waals surface area contributed by atoms with Crippen molar-refractivity contribution >= 4 is 0 Å². The standard InChI is InChI=1S/C10H15NO4/c1-11(13)6-8-9(12)4-7(14-2)5-10(8)15-3/h4-5,12-13H,6H2,1-3H3. The van der Waals surface area contributed by atoms with Gasteiger partial charge in [0, 0.05) is 19.2 Å². The van der Waals surface area contributed by atoms with Crippen molar-refractivity contribution in [3.05, 3.63) is 17.7 Å². The average Bonchev–Trinajstić information content (AvgIpc) is 2.20. The van der Waals surface area contributed by atoms with E-state index in [0.29, 0.717) is 17.1 Å². The lowest BCUT2D eigenvalue weighted by Gasteiger charge is -2.14. The van der Waals surface area contributed by atoms with Gasteiger partial charge in [-0.15, -0.1) is 0 Å². The molecule has 0 saturated heterocycles. The molecule has 0 radical (unpaired) electrons. The molecule has 0 unspecified atom stereocenters. The van der Waals surface area contributed by atoms with Crippen LogP contribution in [0.1, 0.15) is 5.56 Å². The highest BCUT2D eigenvalue weighted by Crippen LogP contribution is 2.33. The lowest BCUT2D eigenvalue weighted by molar-refractivity contribution is -0.0739. The average molecular weight is 213 g/mol. The molecule has 15 heavy (non-hydrogen) atoms. The third-order valence-corrected chi connectivity index (χ3v) is 2.00. The maximum absolute atomic E-state index is 9.69. The summed E-state index contributed by atoms with van der Waals surface area (Å²) in [6.07, 6.45) is 0. The van der Waals surface area contributed by atoms with Crippen molar-refractivity contribution in [2.75, 3.05) is 21.3 Å². The first-order chi connectivity index (χ1) is 7.08. The Labute approximate surface area is 88.4 Å². The minimum Gasteiger partial charge on any atom is -0.507 e. The van der Waals surface area contributed by atoms with Crippen molar-refractivity contribution in [2.24, 2.45) is 0 Å². The largest absolute Gasteiger partial charge is 0.507 e. The fourth-order valence-electron chi connectivity index (χ4n) is 1.29. The molecule has 0 bridgehead atoms. The number of aromatic hydroxyl groups is 1. The van der Waals surface area contributed by atoms with Crippen LogP contribution >= 0.6 is 0 Å². The highest BCUT2D eigenvalue weighted by atomic mass is 16.5. The summed E-state index contributed by atoms with van der Waals surface area (Å²) in [7, 11) is 4.49. The summed E-state index contributed by atoms with van der Waals surface area (Å²) in [6, 6.07) is 3.12. The Morgan fingerprint density at radius 1 is 1.27 bits per heavy atom. The molecule has 84 valence electrons. The molecule has 0 aliphatic carbocycles. The van der Waals surface area contributed by atoms with E-state index in [1.54, 1.807) is 6.07 Å². The van der Waals surface area contributed by atoms with Crippen LogP contribution in [0.2, 0.25) is 0 Å². The molecular formula is C10H15NO4. The van der Waals surface area contributed by atoms with Crippen LogP contribution in [0.5, 0.6) is 17.2 Å². The summed E-state index contributed by atoms with van der Waals surface area (Å²) in [5, 5.41) is 19.8. The van der Waals surface area contributed by atoms with Gasteiger partial charge in [0.05, 0.1) is 26.3 Å². The molecule has 0 spiro atoms. The van der Waals surface area contributed by atoms with Gasteiger partial charge in [-0.25, -0.2) is 0 Å². The third kappa shape index (κ3) is 2.74. The van der Waals surface area contributed by atoms with Crippen LogP contribution in [0.15, 0.2) is 12.1 Å². The number of phenolic OH excluding ortho intramolecular Hbond substituents is 1. The number of phenols is 1. The minimum absolute atomic E-state index is 0.0344. The predicted molar refractivity (Wildman–Crippen MR) is 54.5 cm³/mol. The molecule has 0 atom stereocenters. The maximum Gasteiger partial charge on any atom is 0.130 e. The first-order valence-corrected chi connectivity index (χ1v) is 4.42. The molecule has 0 fully saturated rings. The van der Waals surface area contributed by atoms with Crippen molar-refractivity contribution in [1.82, 2.24) is 5.06 Å². The van der Waals surface area contributed by atoms with E-state index in [1.165, 1.54) is 27.3 Å². The summed E-state index contributed by atoms with van der Waals surface area (Å²) in [4.78, 5) is 0. The van der Waals surface area contributed by atoms with Crippen LogP contribution in [0.4, 0.5) is 0 Å². The van der Waals surface area contributed by atoms with Gasteiger partial charge in [-0.2, -0.15) is 5.06 Å². The van der Waals surface area contributed by atoms with E-state index in [1.807, 2.05) is 0 Å². The topological polar surface area (TPSA) is 62.2 Å². The van der Waals surface area contributed by atoms with Gasteiger partial charge in [0.2, 0.25) is 0 Å². The maximum atomic E-state index is 9.69. The molecule has 0 aliphatic rings. The molecular weight excluding hydrogens is 198 g/mol. The van der Waals surface area contributed by atoms with E-state index >= 15 is 0 Å². The summed E-state index contributed by atoms with van der Waals surface area (Å²) in [5.41, 5.74) is 0.517. The number of hydroxylamine groups is 2. The van der Waals surface area contributed by atoms with Gasteiger partial charge >= 0.3 is 0 Å². The van der Waals surface area contributed by atoms with E-state index in [-0.39, 0.29) is 12.3 Å². The minimum atomic E-state index is 0.0344. The summed E-state index contributed by atoms with van der Waals surface area (Å²) in [6.45, 7) is 0.180. The first-order valence-electron chi connectivity index (χ1n) is 4.42. The molecule has 2 N–H and O–H groups in total. The van der Waals surface area contributed by atoms with Gasteiger partial charge in [0.1, 0.15) is 17.2 Å². The van der Waals surface area contributed by atoms with Gasteiger partial charge in [0.15, 0.2) is 0 Å². The number of benzene rings is 1. The van der Waals surface area contributed by atoms with Crippen LogP contribution < -0.4 is 9.47 Å². The SMILES string of the molecule is COc1cc(O)c(CN(C)O)c(OC)c1. The van der Waals surface area contributed by atoms with Crippen LogP contribution in [0, 0.1) is 0 Å². The predicted octanol–water partition coefficient (Wildman–Crippen LogP) is 1.23. The van der Waals surface area contributed by atoms with Crippen molar-refractivity contribution in [3.63, 3.8) is 0 Å². The fourth-order valence-corrected chi connectivity index (χ4v) is 1.29. The van der Waals surface area contributed by atoms with Crippen molar-refractivity contribution in [3.8, 4) is 17.2 Å². The van der Waals surface area contributed by atoms with Crippen LogP contribution in [-0.4, -0.2) is 36.6 Å². The Balaban J connectivity index is 3.12. The second-order valence-corrected chi connectivity index (χ2v) is 3.14. The Hall–Kier alpha value is -1.46. The van der Waals surface area contributed by atoms with Gasteiger partial charge in [-0.1, -0.05) is 0 Å². The normalized spacial score (nSPS) is 10.5. The molecule has 5 heteroatoms. The number of methoxy groups -OCH3 is 2. The monoisotopic (exact) mass is 213 g/mol. The van der Waals surface area contributed by atoms with Gasteiger partial charge in [-0.05, 0) is 0 Å². The lowest BCUT2D eigenvalue weighted by atomic mass is 10.1. The molecule has 0 aromatic heterocycles. The Bertz CT molecular complexity index is 338. The van der Waals surface area contributed by atoms with E-state index < -0.39 is 0 Å². The van der Waals surface area contributed by atoms with Crippen LogP contribution in [0.3, 0.4) is 0 Å². The zero-order valence-electron chi connectivity index (χ0n) is 9.02. The highest BCUT2D eigenvalue weighted by Gasteiger charge is 2.12. The van der Waals surface area contributed by atoms with Crippen molar-refractivity contribution in [2.45, 2.75) is 6.54 Å². The molecule has 0 saturated carbocycles.